The number of hydrogen-bond donors (Lipinski definition) is 0. The molecule has 0 amide bonds. The fraction of sp³-hybridized carbons (Fsp3) is 0.562. The molecule has 5 heteroatoms. The summed E-state index contributed by atoms with van der Waals surface area (Å²) >= 11 is 0. The van der Waals surface area contributed by atoms with Crippen molar-refractivity contribution in [3.63, 3.8) is 0 Å². The topological polar surface area (TPSA) is 66.2 Å². The van der Waals surface area contributed by atoms with Gasteiger partial charge in [-0.05, 0) is 18.1 Å². The largest absolute Gasteiger partial charge is 0.468 e. The Bertz CT molecular complexity index is 456. The average Bonchev–Trinajstić information content (AvgIpc) is 2.53. The highest BCUT2D eigenvalue weighted by atomic mass is 16.5. The highest BCUT2D eigenvalue weighted by molar-refractivity contribution is 5.75. The Kier molecular flexibility index (Phi) is 8.07. The molecule has 0 bridgehead atoms. The summed E-state index contributed by atoms with van der Waals surface area (Å²) in [6.45, 7) is 3.24. The zero-order valence-corrected chi connectivity index (χ0v) is 12.8. The van der Waals surface area contributed by atoms with Crippen LogP contribution in [0.15, 0.2) is 24.5 Å². The Hall–Kier alpha value is -1.93. The minimum atomic E-state index is -0.302. The van der Waals surface area contributed by atoms with E-state index in [9.17, 15) is 4.79 Å². The van der Waals surface area contributed by atoms with Gasteiger partial charge in [-0.15, -0.1) is 0 Å². The minimum absolute atomic E-state index is 0.231. The van der Waals surface area contributed by atoms with Gasteiger partial charge in [-0.1, -0.05) is 25.8 Å². The number of aromatic nitrogens is 1. The van der Waals surface area contributed by atoms with Crippen molar-refractivity contribution in [2.75, 3.05) is 13.7 Å². The van der Waals surface area contributed by atoms with Crippen LogP contribution >= 0.6 is 0 Å². The molecule has 1 aromatic rings. The summed E-state index contributed by atoms with van der Waals surface area (Å²) in [5.41, 5.74) is 1.03. The molecule has 0 aromatic carbocycles. The summed E-state index contributed by atoms with van der Waals surface area (Å²) in [6.07, 6.45) is 6.61. The monoisotopic (exact) mass is 289 g/mol. The lowest BCUT2D eigenvalue weighted by molar-refractivity contribution is -0.147. The quantitative estimate of drug-likeness (QED) is 0.653. The van der Waals surface area contributed by atoms with Gasteiger partial charge in [0.15, 0.2) is 0 Å². The number of rotatable bonds is 9. The third-order valence-corrected chi connectivity index (χ3v) is 3.36. The highest BCUT2D eigenvalue weighted by Gasteiger charge is 2.26. The van der Waals surface area contributed by atoms with Gasteiger partial charge in [0.1, 0.15) is 6.04 Å². The molecule has 0 saturated carbocycles. The number of methoxy groups -OCH3 is 1. The van der Waals surface area contributed by atoms with Crippen LogP contribution in [0.25, 0.3) is 0 Å². The normalized spacial score (nSPS) is 11.9. The van der Waals surface area contributed by atoms with E-state index in [2.05, 4.69) is 18.0 Å². The standard InChI is InChI=1S/C16H23N3O2/c1-3-4-8-15(16(20)21-2)19(11-6-9-17)13-14-7-5-10-18-12-14/h5,7,10,12,15H,3-4,6,8,11,13H2,1-2H3. The molecule has 0 aliphatic rings. The molecule has 1 heterocycles. The highest BCUT2D eigenvalue weighted by Crippen LogP contribution is 2.15. The van der Waals surface area contributed by atoms with Crippen molar-refractivity contribution in [2.45, 2.75) is 45.2 Å². The van der Waals surface area contributed by atoms with Crippen molar-refractivity contribution in [1.82, 2.24) is 9.88 Å². The molecular weight excluding hydrogens is 266 g/mol. The van der Waals surface area contributed by atoms with Crippen LogP contribution in [-0.2, 0) is 16.1 Å². The molecule has 5 nitrogen and oxygen atoms in total. The molecule has 0 radical (unpaired) electrons. The zero-order chi connectivity index (χ0) is 15.5. The molecule has 114 valence electrons. The van der Waals surface area contributed by atoms with Gasteiger partial charge in [0.05, 0.1) is 13.2 Å². The van der Waals surface area contributed by atoms with Crippen molar-refractivity contribution in [3.05, 3.63) is 30.1 Å². The number of esters is 1. The molecule has 0 aliphatic carbocycles. The molecule has 0 N–H and O–H groups in total. The Labute approximate surface area is 126 Å². The van der Waals surface area contributed by atoms with Gasteiger partial charge >= 0.3 is 5.97 Å². The maximum atomic E-state index is 12.1. The van der Waals surface area contributed by atoms with Gasteiger partial charge in [0, 0.05) is 31.9 Å². The number of carbonyl (C=O) groups excluding carboxylic acids is 1. The zero-order valence-electron chi connectivity index (χ0n) is 12.8. The maximum absolute atomic E-state index is 12.1. The SMILES string of the molecule is CCCCC(C(=O)OC)N(CCC#N)Cc1cccnc1. The van der Waals surface area contributed by atoms with E-state index in [1.165, 1.54) is 7.11 Å². The molecule has 1 aromatic heterocycles. The van der Waals surface area contributed by atoms with Gasteiger partial charge in [0.25, 0.3) is 0 Å². The van der Waals surface area contributed by atoms with Crippen molar-refractivity contribution in [1.29, 1.82) is 5.26 Å². The first-order chi connectivity index (χ1) is 10.2. The van der Waals surface area contributed by atoms with E-state index < -0.39 is 0 Å². The molecule has 1 atom stereocenters. The molecule has 1 unspecified atom stereocenters. The molecule has 21 heavy (non-hydrogen) atoms. The van der Waals surface area contributed by atoms with E-state index in [0.717, 1.165) is 24.8 Å². The van der Waals surface area contributed by atoms with E-state index in [4.69, 9.17) is 10.00 Å². The number of carbonyl (C=O) groups is 1. The van der Waals surface area contributed by atoms with Gasteiger partial charge in [-0.3, -0.25) is 14.7 Å². The van der Waals surface area contributed by atoms with Crippen LogP contribution in [0.4, 0.5) is 0 Å². The van der Waals surface area contributed by atoms with Crippen molar-refractivity contribution < 1.29 is 9.53 Å². The van der Waals surface area contributed by atoms with E-state index >= 15 is 0 Å². The number of unbranched alkanes of at least 4 members (excludes halogenated alkanes) is 1. The second-order valence-corrected chi connectivity index (χ2v) is 4.92. The third kappa shape index (κ3) is 5.92. The molecule has 1 rings (SSSR count). The number of ether oxygens (including phenoxy) is 1. The van der Waals surface area contributed by atoms with Crippen molar-refractivity contribution in [2.24, 2.45) is 0 Å². The Balaban J connectivity index is 2.85. The van der Waals surface area contributed by atoms with Crippen LogP contribution in [0.2, 0.25) is 0 Å². The summed E-state index contributed by atoms with van der Waals surface area (Å²) in [4.78, 5) is 18.2. The van der Waals surface area contributed by atoms with Crippen molar-refractivity contribution >= 4 is 5.97 Å². The lowest BCUT2D eigenvalue weighted by Crippen LogP contribution is -2.42. The molecule has 0 spiro atoms. The number of hydrogen-bond acceptors (Lipinski definition) is 5. The first-order valence-corrected chi connectivity index (χ1v) is 7.30. The molecular formula is C16H23N3O2. The number of nitrogens with zero attached hydrogens (tertiary/aromatic N) is 3. The fourth-order valence-electron chi connectivity index (χ4n) is 2.25. The van der Waals surface area contributed by atoms with Gasteiger partial charge in [0.2, 0.25) is 0 Å². The van der Waals surface area contributed by atoms with E-state index in [1.807, 2.05) is 17.0 Å². The van der Waals surface area contributed by atoms with Gasteiger partial charge < -0.3 is 4.74 Å². The van der Waals surface area contributed by atoms with Gasteiger partial charge in [-0.25, -0.2) is 0 Å². The predicted molar refractivity (Wildman–Crippen MR) is 80.2 cm³/mol. The Morgan fingerprint density at radius 1 is 1.57 bits per heavy atom. The van der Waals surface area contributed by atoms with Crippen LogP contribution in [0.5, 0.6) is 0 Å². The first kappa shape index (κ1) is 17.1. The molecule has 0 aliphatic heterocycles. The average molecular weight is 289 g/mol. The van der Waals surface area contributed by atoms with Crippen LogP contribution in [0.3, 0.4) is 0 Å². The summed E-state index contributed by atoms with van der Waals surface area (Å²) in [6, 6.07) is 5.68. The second-order valence-electron chi connectivity index (χ2n) is 4.92. The minimum Gasteiger partial charge on any atom is -0.468 e. The van der Waals surface area contributed by atoms with Crippen LogP contribution in [0.1, 0.15) is 38.2 Å². The Morgan fingerprint density at radius 3 is 2.95 bits per heavy atom. The summed E-state index contributed by atoms with van der Waals surface area (Å²) in [5, 5.41) is 8.83. The second kappa shape index (κ2) is 9.89. The third-order valence-electron chi connectivity index (χ3n) is 3.36. The smallest absolute Gasteiger partial charge is 0.323 e. The van der Waals surface area contributed by atoms with E-state index in [1.54, 1.807) is 12.4 Å². The lowest BCUT2D eigenvalue weighted by Gasteiger charge is -2.29. The Morgan fingerprint density at radius 2 is 2.38 bits per heavy atom. The van der Waals surface area contributed by atoms with Crippen LogP contribution < -0.4 is 0 Å². The summed E-state index contributed by atoms with van der Waals surface area (Å²) < 4.78 is 4.93. The molecule has 0 saturated heterocycles. The predicted octanol–water partition coefficient (Wildman–Crippen LogP) is 2.53. The van der Waals surface area contributed by atoms with Crippen molar-refractivity contribution in [3.8, 4) is 6.07 Å². The summed E-state index contributed by atoms with van der Waals surface area (Å²) in [5.74, 6) is -0.231. The maximum Gasteiger partial charge on any atom is 0.323 e. The van der Waals surface area contributed by atoms with E-state index in [-0.39, 0.29) is 12.0 Å². The van der Waals surface area contributed by atoms with Crippen LogP contribution in [0, 0.1) is 11.3 Å². The molecule has 0 fully saturated rings. The number of pyridine rings is 1. The number of nitriles is 1. The van der Waals surface area contributed by atoms with E-state index in [0.29, 0.717) is 19.5 Å². The first-order valence-electron chi connectivity index (χ1n) is 7.30. The van der Waals surface area contributed by atoms with Crippen LogP contribution in [-0.4, -0.2) is 35.5 Å². The van der Waals surface area contributed by atoms with Gasteiger partial charge in [-0.2, -0.15) is 5.26 Å². The fourth-order valence-corrected chi connectivity index (χ4v) is 2.25. The summed E-state index contributed by atoms with van der Waals surface area (Å²) in [7, 11) is 1.41. The lowest BCUT2D eigenvalue weighted by atomic mass is 10.1.